The molecule has 2 unspecified atom stereocenters. The van der Waals surface area contributed by atoms with Gasteiger partial charge < -0.3 is 24.9 Å². The van der Waals surface area contributed by atoms with Gasteiger partial charge in [-0.2, -0.15) is 0 Å². The fourth-order valence-electron chi connectivity index (χ4n) is 2.37. The van der Waals surface area contributed by atoms with Crippen LogP contribution in [0.2, 0.25) is 0 Å². The van der Waals surface area contributed by atoms with Crippen molar-refractivity contribution in [2.45, 2.75) is 12.2 Å². The molecule has 0 spiro atoms. The Morgan fingerprint density at radius 2 is 2.33 bits per heavy atom. The van der Waals surface area contributed by atoms with Crippen LogP contribution in [-0.4, -0.2) is 44.2 Å². The van der Waals surface area contributed by atoms with Crippen LogP contribution in [0.1, 0.15) is 0 Å². The van der Waals surface area contributed by atoms with Gasteiger partial charge in [-0.05, 0) is 28.8 Å². The van der Waals surface area contributed by atoms with Crippen molar-refractivity contribution < 1.29 is 19.2 Å². The van der Waals surface area contributed by atoms with E-state index in [9.17, 15) is 5.11 Å². The summed E-state index contributed by atoms with van der Waals surface area (Å²) in [5.74, 6) is 0. The van der Waals surface area contributed by atoms with Gasteiger partial charge in [0, 0.05) is 6.54 Å². The zero-order valence-corrected chi connectivity index (χ0v) is 10.6. The molecule has 0 aliphatic carbocycles. The number of hydrogen-bond donors (Lipinski definition) is 2. The Bertz CT molecular complexity index is 423. The standard InChI is InChI=1S/C11H14BNO4.ClH/c13-4-8-3-7-1-2-15-10(5-14)9-6-16-12(17-8)11(7)9;/h1-3,8,10,14H,4-6,13H2;1H. The highest BCUT2D eigenvalue weighted by atomic mass is 35.5. The van der Waals surface area contributed by atoms with Crippen molar-refractivity contribution in [2.24, 2.45) is 5.73 Å². The van der Waals surface area contributed by atoms with E-state index in [1.807, 2.05) is 12.2 Å². The molecule has 0 radical (unpaired) electrons. The van der Waals surface area contributed by atoms with Crippen molar-refractivity contribution in [1.82, 2.24) is 0 Å². The van der Waals surface area contributed by atoms with Gasteiger partial charge in [0.1, 0.15) is 6.10 Å². The Kier molecular flexibility index (Phi) is 4.14. The molecule has 0 bridgehead atoms. The van der Waals surface area contributed by atoms with E-state index in [4.69, 9.17) is 19.8 Å². The third-order valence-corrected chi connectivity index (χ3v) is 3.22. The van der Waals surface area contributed by atoms with Crippen molar-refractivity contribution >= 4 is 19.5 Å². The summed E-state index contributed by atoms with van der Waals surface area (Å²) in [5.41, 5.74) is 8.59. The van der Waals surface area contributed by atoms with Crippen LogP contribution in [0.4, 0.5) is 0 Å². The molecule has 3 aliphatic heterocycles. The number of ether oxygens (including phenoxy) is 1. The lowest BCUT2D eigenvalue weighted by Crippen LogP contribution is -2.36. The fraction of sp³-hybridized carbons (Fsp3) is 0.455. The average molecular weight is 272 g/mol. The van der Waals surface area contributed by atoms with E-state index >= 15 is 0 Å². The molecule has 0 saturated heterocycles. The molecule has 0 aromatic carbocycles. The molecule has 0 saturated carbocycles. The highest BCUT2D eigenvalue weighted by Crippen LogP contribution is 2.35. The predicted octanol–water partition coefficient (Wildman–Crippen LogP) is -0.0489. The molecule has 3 aliphatic rings. The third kappa shape index (κ3) is 2.11. The quantitative estimate of drug-likeness (QED) is 0.689. The summed E-state index contributed by atoms with van der Waals surface area (Å²) in [6, 6.07) is 0. The molecule has 98 valence electrons. The molecule has 7 heteroatoms. The fourth-order valence-corrected chi connectivity index (χ4v) is 2.37. The highest BCUT2D eigenvalue weighted by Gasteiger charge is 2.42. The Labute approximate surface area is 112 Å². The van der Waals surface area contributed by atoms with Gasteiger partial charge in [0.05, 0.1) is 25.6 Å². The Balaban J connectivity index is 0.00000120. The lowest BCUT2D eigenvalue weighted by Gasteiger charge is -2.23. The van der Waals surface area contributed by atoms with Crippen molar-refractivity contribution in [3.63, 3.8) is 0 Å². The van der Waals surface area contributed by atoms with Gasteiger partial charge >= 0.3 is 7.12 Å². The van der Waals surface area contributed by atoms with Crippen molar-refractivity contribution in [3.05, 3.63) is 35.0 Å². The molecule has 0 fully saturated rings. The number of rotatable bonds is 2. The molecule has 5 nitrogen and oxygen atoms in total. The molecule has 3 rings (SSSR count). The predicted molar refractivity (Wildman–Crippen MR) is 69.1 cm³/mol. The minimum Gasteiger partial charge on any atom is -0.491 e. The molecular weight excluding hydrogens is 256 g/mol. The second-order valence-corrected chi connectivity index (χ2v) is 4.22. The molecule has 3 N–H and O–H groups in total. The Hall–Kier alpha value is -0.785. The maximum atomic E-state index is 9.30. The zero-order chi connectivity index (χ0) is 11.8. The Morgan fingerprint density at radius 1 is 1.50 bits per heavy atom. The monoisotopic (exact) mass is 271 g/mol. The van der Waals surface area contributed by atoms with Crippen LogP contribution < -0.4 is 5.73 Å². The molecule has 0 amide bonds. The van der Waals surface area contributed by atoms with E-state index in [2.05, 4.69) is 0 Å². The van der Waals surface area contributed by atoms with Gasteiger partial charge in [0.25, 0.3) is 0 Å². The van der Waals surface area contributed by atoms with E-state index < -0.39 is 0 Å². The van der Waals surface area contributed by atoms with Gasteiger partial charge in [-0.1, -0.05) is 0 Å². The lowest BCUT2D eigenvalue weighted by molar-refractivity contribution is 0.0965. The summed E-state index contributed by atoms with van der Waals surface area (Å²) >= 11 is 0. The third-order valence-electron chi connectivity index (χ3n) is 3.22. The minimum atomic E-state index is -0.376. The van der Waals surface area contributed by atoms with Gasteiger partial charge in [-0.15, -0.1) is 12.4 Å². The number of hydrogen-bond acceptors (Lipinski definition) is 5. The molecule has 0 aromatic heterocycles. The first-order chi connectivity index (χ1) is 8.33. The summed E-state index contributed by atoms with van der Waals surface area (Å²) < 4.78 is 16.7. The number of nitrogens with two attached hydrogens (primary N) is 1. The van der Waals surface area contributed by atoms with Gasteiger partial charge in [-0.25, -0.2) is 0 Å². The highest BCUT2D eigenvalue weighted by molar-refractivity contribution is 6.57. The minimum absolute atomic E-state index is 0. The average Bonchev–Trinajstić information content (AvgIpc) is 2.68. The normalized spacial score (nSPS) is 29.2. The second kappa shape index (κ2) is 5.46. The summed E-state index contributed by atoms with van der Waals surface area (Å²) in [4.78, 5) is 0. The largest absolute Gasteiger partial charge is 0.495 e. The van der Waals surface area contributed by atoms with Gasteiger partial charge in [0.2, 0.25) is 0 Å². The first-order valence-corrected chi connectivity index (χ1v) is 5.68. The number of aliphatic hydroxyl groups is 1. The first kappa shape index (κ1) is 13.6. The number of aliphatic hydroxyl groups excluding tert-OH is 1. The maximum Gasteiger partial charge on any atom is 0.495 e. The van der Waals surface area contributed by atoms with E-state index in [0.29, 0.717) is 13.2 Å². The van der Waals surface area contributed by atoms with Crippen LogP contribution in [0, 0.1) is 0 Å². The number of allylic oxidation sites excluding steroid dienone is 3. The Morgan fingerprint density at radius 3 is 3.06 bits per heavy atom. The first-order valence-electron chi connectivity index (χ1n) is 5.68. The molecule has 18 heavy (non-hydrogen) atoms. The van der Waals surface area contributed by atoms with Crippen LogP contribution in [0.25, 0.3) is 0 Å². The van der Waals surface area contributed by atoms with E-state index in [-0.39, 0.29) is 38.3 Å². The van der Waals surface area contributed by atoms with Crippen molar-refractivity contribution in [3.8, 4) is 0 Å². The van der Waals surface area contributed by atoms with Crippen LogP contribution in [0.3, 0.4) is 0 Å². The zero-order valence-electron chi connectivity index (χ0n) is 9.74. The molecule has 0 aromatic rings. The summed E-state index contributed by atoms with van der Waals surface area (Å²) in [6.07, 6.45) is 4.99. The smallest absolute Gasteiger partial charge is 0.491 e. The SMILES string of the molecule is Cl.NCC1C=C2C=COC(CO)C3=C2B(OC3)O1. The molecular formula is C11H15BClNO4. The van der Waals surface area contributed by atoms with Gasteiger partial charge in [0.15, 0.2) is 0 Å². The summed E-state index contributed by atoms with van der Waals surface area (Å²) in [7, 11) is -0.376. The molecule has 2 atom stereocenters. The van der Waals surface area contributed by atoms with Crippen LogP contribution in [0.5, 0.6) is 0 Å². The van der Waals surface area contributed by atoms with E-state index in [0.717, 1.165) is 16.6 Å². The summed E-state index contributed by atoms with van der Waals surface area (Å²) in [6.45, 7) is 0.790. The second-order valence-electron chi connectivity index (χ2n) is 4.22. The maximum absolute atomic E-state index is 9.30. The topological polar surface area (TPSA) is 73.9 Å². The van der Waals surface area contributed by atoms with Crippen LogP contribution in [0.15, 0.2) is 35.0 Å². The summed E-state index contributed by atoms with van der Waals surface area (Å²) in [5, 5.41) is 9.30. The lowest BCUT2D eigenvalue weighted by atomic mass is 9.70. The van der Waals surface area contributed by atoms with Crippen molar-refractivity contribution in [1.29, 1.82) is 0 Å². The van der Waals surface area contributed by atoms with E-state index in [1.54, 1.807) is 6.26 Å². The molecule has 3 heterocycles. The van der Waals surface area contributed by atoms with Crippen molar-refractivity contribution in [2.75, 3.05) is 19.8 Å². The number of halogens is 1. The van der Waals surface area contributed by atoms with E-state index in [1.165, 1.54) is 0 Å². The van der Waals surface area contributed by atoms with Crippen LogP contribution >= 0.6 is 12.4 Å². The van der Waals surface area contributed by atoms with Crippen LogP contribution in [-0.2, 0) is 14.0 Å². The van der Waals surface area contributed by atoms with Gasteiger partial charge in [-0.3, -0.25) is 0 Å².